The molecule has 1 saturated heterocycles. The lowest BCUT2D eigenvalue weighted by molar-refractivity contribution is -0.132. The zero-order valence-corrected chi connectivity index (χ0v) is 6.12. The van der Waals surface area contributed by atoms with Gasteiger partial charge < -0.3 is 10.5 Å². The Morgan fingerprint density at radius 1 is 1.69 bits per heavy atom. The van der Waals surface area contributed by atoms with Gasteiger partial charge in [-0.1, -0.05) is 0 Å². The number of amides is 2. The minimum atomic E-state index is -1.93. The molecule has 2 amide bonds. The molecule has 1 heterocycles. The third-order valence-corrected chi connectivity index (χ3v) is 1.35. The zero-order chi connectivity index (χ0) is 9.84. The Kier molecular flexibility index (Phi) is 2.93. The summed E-state index contributed by atoms with van der Waals surface area (Å²) in [6.45, 7) is 0. The predicted molar refractivity (Wildman–Crippen MR) is 34.9 cm³/mol. The van der Waals surface area contributed by atoms with Gasteiger partial charge in [-0.25, -0.2) is 9.18 Å². The summed E-state index contributed by atoms with van der Waals surface area (Å²) in [6.07, 6.45) is -3.32. The van der Waals surface area contributed by atoms with Crippen LogP contribution in [0.2, 0.25) is 0 Å². The quantitative estimate of drug-likeness (QED) is 0.433. The fourth-order valence-corrected chi connectivity index (χ4v) is 0.802. The third kappa shape index (κ3) is 2.00. The van der Waals surface area contributed by atoms with E-state index < -0.39 is 24.2 Å². The van der Waals surface area contributed by atoms with Gasteiger partial charge in [0.2, 0.25) is 0 Å². The molecular weight excluding hydrogens is 190 g/mol. The number of amidine groups is 1. The van der Waals surface area contributed by atoms with Crippen LogP contribution in [-0.4, -0.2) is 29.4 Å². The van der Waals surface area contributed by atoms with Crippen molar-refractivity contribution in [1.82, 2.24) is 16.1 Å². The Labute approximate surface area is 70.6 Å². The van der Waals surface area contributed by atoms with Crippen LogP contribution < -0.4 is 16.1 Å². The fraction of sp³-hybridized carbons (Fsp3) is 0.500. The molecule has 0 saturated carbocycles. The third-order valence-electron chi connectivity index (χ3n) is 1.35. The largest absolute Gasteiger partial charge is 0.321 e. The number of carbonyl (C=O) groups is 1. The van der Waals surface area contributed by atoms with E-state index in [-0.39, 0.29) is 0 Å². The number of carbonyl (C=O) groups excluding carboxylic acids is 1. The second kappa shape index (κ2) is 3.96. The van der Waals surface area contributed by atoms with Crippen molar-refractivity contribution in [3.05, 3.63) is 0 Å². The van der Waals surface area contributed by atoms with Gasteiger partial charge in [0.25, 0.3) is 0 Å². The SMILES string of the molecule is O=C1NC(=NOF)[C@H](F)[C@@H](NO)N1. The molecule has 1 aliphatic heterocycles. The van der Waals surface area contributed by atoms with Crippen molar-refractivity contribution in [2.75, 3.05) is 0 Å². The maximum absolute atomic E-state index is 13.0. The van der Waals surface area contributed by atoms with Crippen LogP contribution in [0, 0.1) is 0 Å². The number of halogens is 2. The summed E-state index contributed by atoms with van der Waals surface area (Å²) in [4.78, 5) is 10.7. The second-order valence-electron chi connectivity index (χ2n) is 2.15. The average Bonchev–Trinajstić information content (AvgIpc) is 2.11. The maximum atomic E-state index is 13.0. The summed E-state index contributed by atoms with van der Waals surface area (Å²) in [5.74, 6) is -0.669. The van der Waals surface area contributed by atoms with E-state index in [2.05, 4.69) is 10.2 Å². The minimum absolute atomic E-state index is 0.669. The first-order chi connectivity index (χ1) is 6.19. The molecule has 0 aliphatic carbocycles. The smallest absolute Gasteiger partial charge is 0.317 e. The van der Waals surface area contributed by atoms with Crippen molar-refractivity contribution >= 4 is 11.9 Å². The van der Waals surface area contributed by atoms with Gasteiger partial charge in [0.05, 0.1) is 0 Å². The number of rotatable bonds is 2. The molecule has 0 unspecified atom stereocenters. The molecule has 0 radical (unpaired) electrons. The van der Waals surface area contributed by atoms with E-state index in [4.69, 9.17) is 5.21 Å². The van der Waals surface area contributed by atoms with Gasteiger partial charge in [0.15, 0.2) is 12.0 Å². The van der Waals surface area contributed by atoms with Gasteiger partial charge in [-0.05, 0) is 5.16 Å². The molecule has 0 bridgehead atoms. The van der Waals surface area contributed by atoms with E-state index in [1.165, 1.54) is 5.48 Å². The Morgan fingerprint density at radius 2 is 2.38 bits per heavy atom. The Bertz CT molecular complexity index is 235. The van der Waals surface area contributed by atoms with Crippen LogP contribution in [0.1, 0.15) is 0 Å². The van der Waals surface area contributed by atoms with E-state index in [9.17, 15) is 13.7 Å². The number of nitrogens with one attached hydrogen (secondary N) is 3. The molecule has 0 spiro atoms. The lowest BCUT2D eigenvalue weighted by atomic mass is 10.2. The van der Waals surface area contributed by atoms with Crippen molar-refractivity contribution < 1.29 is 24.0 Å². The molecular formula is C4H6F2N4O3. The highest BCUT2D eigenvalue weighted by molar-refractivity contribution is 6.02. The number of hydroxylamine groups is 1. The van der Waals surface area contributed by atoms with Gasteiger partial charge in [-0.15, -0.1) is 0 Å². The second-order valence-corrected chi connectivity index (χ2v) is 2.15. The molecule has 1 fully saturated rings. The number of alkyl halides is 1. The Hall–Kier alpha value is -1.48. The predicted octanol–water partition coefficient (Wildman–Crippen LogP) is -0.843. The van der Waals surface area contributed by atoms with Crippen molar-refractivity contribution in [2.24, 2.45) is 5.16 Å². The van der Waals surface area contributed by atoms with E-state index in [0.717, 1.165) is 0 Å². The van der Waals surface area contributed by atoms with Crippen molar-refractivity contribution in [1.29, 1.82) is 0 Å². The van der Waals surface area contributed by atoms with Crippen LogP contribution in [0.3, 0.4) is 0 Å². The van der Waals surface area contributed by atoms with E-state index >= 15 is 0 Å². The van der Waals surface area contributed by atoms with Crippen LogP contribution in [0.15, 0.2) is 5.16 Å². The van der Waals surface area contributed by atoms with Crippen LogP contribution in [0.4, 0.5) is 13.7 Å². The van der Waals surface area contributed by atoms with Crippen molar-refractivity contribution in [3.63, 3.8) is 0 Å². The minimum Gasteiger partial charge on any atom is -0.317 e. The topological polar surface area (TPSA) is 95.0 Å². The van der Waals surface area contributed by atoms with Crippen LogP contribution >= 0.6 is 0 Å². The highest BCUT2D eigenvalue weighted by Crippen LogP contribution is 2.03. The fourth-order valence-electron chi connectivity index (χ4n) is 0.802. The molecule has 9 heteroatoms. The molecule has 74 valence electrons. The summed E-state index contributed by atoms with van der Waals surface area (Å²) >= 11 is 0. The van der Waals surface area contributed by atoms with Gasteiger partial charge >= 0.3 is 6.03 Å². The lowest BCUT2D eigenvalue weighted by Crippen LogP contribution is -2.64. The van der Waals surface area contributed by atoms with E-state index in [0.29, 0.717) is 0 Å². The lowest BCUT2D eigenvalue weighted by Gasteiger charge is -2.26. The van der Waals surface area contributed by atoms with Crippen molar-refractivity contribution in [2.45, 2.75) is 12.3 Å². The first-order valence-electron chi connectivity index (χ1n) is 3.16. The number of nitrogens with zero attached hydrogens (tertiary/aromatic N) is 1. The molecule has 13 heavy (non-hydrogen) atoms. The zero-order valence-electron chi connectivity index (χ0n) is 6.12. The van der Waals surface area contributed by atoms with Gasteiger partial charge in [0.1, 0.15) is 6.17 Å². The van der Waals surface area contributed by atoms with Crippen molar-refractivity contribution in [3.8, 4) is 0 Å². The molecule has 7 nitrogen and oxygen atoms in total. The van der Waals surface area contributed by atoms with E-state index in [1.54, 1.807) is 0 Å². The number of hydrogen-bond acceptors (Lipinski definition) is 5. The van der Waals surface area contributed by atoms with Crippen LogP contribution in [0.25, 0.3) is 0 Å². The number of hydrogen-bond donors (Lipinski definition) is 4. The summed E-state index contributed by atoms with van der Waals surface area (Å²) in [5.41, 5.74) is 1.47. The summed E-state index contributed by atoms with van der Waals surface area (Å²) in [6, 6.07) is -0.837. The Balaban J connectivity index is 2.74. The maximum Gasteiger partial charge on any atom is 0.321 e. The first-order valence-corrected chi connectivity index (χ1v) is 3.16. The molecule has 2 atom stereocenters. The summed E-state index contributed by atoms with van der Waals surface area (Å²) < 4.78 is 24.2. The van der Waals surface area contributed by atoms with Crippen LogP contribution in [0.5, 0.6) is 0 Å². The molecule has 0 aromatic carbocycles. The normalized spacial score (nSPS) is 31.0. The monoisotopic (exact) mass is 196 g/mol. The number of oxime groups is 1. The summed E-state index contributed by atoms with van der Waals surface area (Å²) in [5, 5.41) is 17.5. The number of urea groups is 1. The highest BCUT2D eigenvalue weighted by Gasteiger charge is 2.34. The van der Waals surface area contributed by atoms with E-state index in [1.807, 2.05) is 10.6 Å². The molecule has 1 rings (SSSR count). The van der Waals surface area contributed by atoms with Gasteiger partial charge in [0, 0.05) is 4.53 Å². The highest BCUT2D eigenvalue weighted by atomic mass is 19.3. The standard InChI is InChI=1S/C4H6F2N4O3/c5-1-2(9-12)7-4(11)8-3(1)10-13-6/h1-2,9,12H,(H2,7,8,10,11)/t1-,2-/m1/s1. The first kappa shape index (κ1) is 9.61. The Morgan fingerprint density at radius 3 is 2.92 bits per heavy atom. The molecule has 0 aromatic heterocycles. The van der Waals surface area contributed by atoms with Gasteiger partial charge in [-0.2, -0.15) is 10.5 Å². The van der Waals surface area contributed by atoms with Gasteiger partial charge in [-0.3, -0.25) is 5.32 Å². The molecule has 0 aromatic rings. The molecule has 4 N–H and O–H groups in total. The summed E-state index contributed by atoms with van der Waals surface area (Å²) in [7, 11) is 0. The van der Waals surface area contributed by atoms with Crippen LogP contribution in [-0.2, 0) is 5.04 Å². The average molecular weight is 196 g/mol. The molecule has 1 aliphatic rings.